The van der Waals surface area contributed by atoms with Crippen LogP contribution in [-0.4, -0.2) is 37.3 Å². The molecular weight excluding hydrogens is 422 g/mol. The summed E-state index contributed by atoms with van der Waals surface area (Å²) >= 11 is 0. The minimum Gasteiger partial charge on any atom is -0.368 e. The zero-order valence-corrected chi connectivity index (χ0v) is 18.3. The van der Waals surface area contributed by atoms with Crippen molar-refractivity contribution in [1.82, 2.24) is 8.96 Å². The van der Waals surface area contributed by atoms with Gasteiger partial charge in [0.25, 0.3) is 0 Å². The molecule has 0 unspecified atom stereocenters. The minimum atomic E-state index is -3.73. The fraction of sp³-hybridized carbons (Fsp3) is 0.190. The second-order valence-corrected chi connectivity index (χ2v) is 11.4. The van der Waals surface area contributed by atoms with Crippen LogP contribution in [0.2, 0.25) is 0 Å². The maximum absolute atomic E-state index is 12.8. The molecule has 9 heteroatoms. The summed E-state index contributed by atoms with van der Waals surface area (Å²) in [6, 6.07) is 11.4. The van der Waals surface area contributed by atoms with Crippen molar-refractivity contribution in [2.45, 2.75) is 24.0 Å². The van der Waals surface area contributed by atoms with Gasteiger partial charge in [-0.1, -0.05) is 24.1 Å². The third-order valence-electron chi connectivity index (χ3n) is 4.62. The van der Waals surface area contributed by atoms with E-state index >= 15 is 0 Å². The van der Waals surface area contributed by atoms with Crippen molar-refractivity contribution in [2.75, 3.05) is 12.0 Å². The Bertz CT molecular complexity index is 1410. The lowest BCUT2D eigenvalue weighted by molar-refractivity contribution is 0.580. The highest BCUT2D eigenvalue weighted by Gasteiger charge is 2.24. The number of sulfone groups is 1. The van der Waals surface area contributed by atoms with E-state index in [4.69, 9.17) is 12.2 Å². The number of allylic oxidation sites excluding steroid dienone is 1. The Hall–Kier alpha value is -3.09. The lowest BCUT2D eigenvalue weighted by Gasteiger charge is -2.12. The highest BCUT2D eigenvalue weighted by Crippen LogP contribution is 2.29. The number of imidazole rings is 1. The van der Waals surface area contributed by atoms with Gasteiger partial charge in [0.2, 0.25) is 16.0 Å². The van der Waals surface area contributed by atoms with E-state index in [9.17, 15) is 16.8 Å². The number of nitrogen functional groups attached to an aromatic ring is 1. The van der Waals surface area contributed by atoms with E-state index in [2.05, 4.69) is 10.9 Å². The molecule has 7 nitrogen and oxygen atoms in total. The van der Waals surface area contributed by atoms with E-state index in [-0.39, 0.29) is 10.8 Å². The van der Waals surface area contributed by atoms with Gasteiger partial charge in [-0.05, 0) is 60.9 Å². The van der Waals surface area contributed by atoms with Crippen molar-refractivity contribution < 1.29 is 16.8 Å². The number of nitrogens with zero attached hydrogens (tertiary/aromatic N) is 2. The number of hydrogen-bond acceptors (Lipinski definition) is 6. The van der Waals surface area contributed by atoms with Gasteiger partial charge in [-0.25, -0.2) is 25.8 Å². The summed E-state index contributed by atoms with van der Waals surface area (Å²) in [6.07, 6.45) is 8.18. The molecule has 0 amide bonds. The number of terminal acetylenes is 1. The number of aromatic nitrogens is 2. The number of hydrogen-bond donors (Lipinski definition) is 1. The van der Waals surface area contributed by atoms with Crippen LogP contribution in [0, 0.1) is 12.3 Å². The molecule has 0 fully saturated rings. The van der Waals surface area contributed by atoms with Crippen molar-refractivity contribution in [3.05, 3.63) is 59.7 Å². The number of nitrogens with two attached hydrogens (primary N) is 1. The Balaban J connectivity index is 2.21. The van der Waals surface area contributed by atoms with Gasteiger partial charge in [-0.15, -0.1) is 6.42 Å². The van der Waals surface area contributed by atoms with Crippen molar-refractivity contribution in [1.29, 1.82) is 0 Å². The molecular formula is C21H21N3O4S2. The van der Waals surface area contributed by atoms with Crippen molar-refractivity contribution in [3.63, 3.8) is 0 Å². The third-order valence-corrected chi connectivity index (χ3v) is 7.83. The van der Waals surface area contributed by atoms with Crippen molar-refractivity contribution in [2.24, 2.45) is 0 Å². The fourth-order valence-corrected chi connectivity index (χ4v) is 4.79. The van der Waals surface area contributed by atoms with Crippen molar-refractivity contribution >= 4 is 42.4 Å². The summed E-state index contributed by atoms with van der Waals surface area (Å²) in [7, 11) is -7.06. The molecule has 0 spiro atoms. The number of benzene rings is 2. The van der Waals surface area contributed by atoms with Gasteiger partial charge in [0.05, 0.1) is 21.2 Å². The first-order valence-corrected chi connectivity index (χ1v) is 12.4. The normalized spacial score (nSPS) is 13.0. The highest BCUT2D eigenvalue weighted by molar-refractivity contribution is 7.91. The first kappa shape index (κ1) is 21.6. The van der Waals surface area contributed by atoms with E-state index in [0.717, 1.165) is 10.2 Å². The number of rotatable bonds is 5. The van der Waals surface area contributed by atoms with Crippen LogP contribution < -0.4 is 5.73 Å². The van der Waals surface area contributed by atoms with Gasteiger partial charge in [-0.3, -0.25) is 0 Å². The molecule has 1 heterocycles. The molecule has 0 aliphatic rings. The average Bonchev–Trinajstić information content (AvgIpc) is 3.01. The molecule has 0 saturated heterocycles. The monoisotopic (exact) mass is 443 g/mol. The van der Waals surface area contributed by atoms with Crippen LogP contribution in [0.1, 0.15) is 25.0 Å². The molecule has 0 aliphatic carbocycles. The lowest BCUT2D eigenvalue weighted by atomic mass is 9.97. The van der Waals surface area contributed by atoms with Gasteiger partial charge in [0.15, 0.2) is 9.84 Å². The predicted molar refractivity (Wildman–Crippen MR) is 119 cm³/mol. The van der Waals surface area contributed by atoms with Crippen LogP contribution in [0.4, 0.5) is 5.95 Å². The van der Waals surface area contributed by atoms with Crippen LogP contribution in [-0.2, 0) is 19.9 Å². The van der Waals surface area contributed by atoms with E-state index in [1.165, 1.54) is 18.2 Å². The quantitative estimate of drug-likeness (QED) is 0.607. The summed E-state index contributed by atoms with van der Waals surface area (Å²) in [5, 5.41) is -0.690. The lowest BCUT2D eigenvalue weighted by Crippen LogP contribution is -2.23. The maximum atomic E-state index is 12.8. The third kappa shape index (κ3) is 3.84. The first-order chi connectivity index (χ1) is 14.0. The van der Waals surface area contributed by atoms with Gasteiger partial charge in [0.1, 0.15) is 0 Å². The predicted octanol–water partition coefficient (Wildman–Crippen LogP) is 2.67. The van der Waals surface area contributed by atoms with Crippen LogP contribution in [0.5, 0.6) is 0 Å². The van der Waals surface area contributed by atoms with Crippen LogP contribution >= 0.6 is 0 Å². The molecule has 156 valence electrons. The van der Waals surface area contributed by atoms with Crippen LogP contribution in [0.3, 0.4) is 0 Å². The Morgan fingerprint density at radius 3 is 2.23 bits per heavy atom. The SMILES string of the molecule is C#C/C=C(/c1ccc(S(C)(=O)=O)cc1)c1ccc2nc(N)n(S(=O)(=O)C(C)C)c2c1. The Morgan fingerprint density at radius 2 is 1.70 bits per heavy atom. The van der Waals surface area contributed by atoms with E-state index in [0.29, 0.717) is 27.7 Å². The fourth-order valence-electron chi connectivity index (χ4n) is 3.02. The zero-order chi connectivity index (χ0) is 22.3. The van der Waals surface area contributed by atoms with E-state index < -0.39 is 25.1 Å². The molecule has 2 aromatic carbocycles. The first-order valence-electron chi connectivity index (χ1n) is 8.96. The molecule has 2 N–H and O–H groups in total. The van der Waals surface area contributed by atoms with Crippen LogP contribution in [0.25, 0.3) is 16.6 Å². The highest BCUT2D eigenvalue weighted by atomic mass is 32.2. The smallest absolute Gasteiger partial charge is 0.244 e. The van der Waals surface area contributed by atoms with E-state index in [1.807, 2.05) is 0 Å². The second-order valence-electron chi connectivity index (χ2n) is 7.05. The van der Waals surface area contributed by atoms with Gasteiger partial charge in [-0.2, -0.15) is 0 Å². The average molecular weight is 444 g/mol. The molecule has 0 radical (unpaired) electrons. The van der Waals surface area contributed by atoms with E-state index in [1.54, 1.807) is 44.2 Å². The Labute approximate surface area is 176 Å². The number of fused-ring (bicyclic) bond motifs is 1. The number of anilines is 1. The molecule has 0 saturated carbocycles. The topological polar surface area (TPSA) is 112 Å². The molecule has 1 aromatic heterocycles. The largest absolute Gasteiger partial charge is 0.368 e. The summed E-state index contributed by atoms with van der Waals surface area (Å²) < 4.78 is 50.0. The molecule has 3 aromatic rings. The Kier molecular flexibility index (Phi) is 5.50. The van der Waals surface area contributed by atoms with Crippen molar-refractivity contribution in [3.8, 4) is 12.3 Å². The maximum Gasteiger partial charge on any atom is 0.244 e. The summed E-state index contributed by atoms with van der Waals surface area (Å²) in [4.78, 5) is 4.35. The second kappa shape index (κ2) is 7.63. The summed E-state index contributed by atoms with van der Waals surface area (Å²) in [5.41, 5.74) is 8.64. The standard InChI is InChI=1S/C21H21N3O4S2/c1-5-6-18(15-7-10-17(11-8-15)29(4,25)26)16-9-12-19-20(13-16)24(21(22)23-19)30(27,28)14(2)3/h1,6-14H,2-4H3,(H2,22,23)/b18-6-. The molecule has 30 heavy (non-hydrogen) atoms. The summed E-state index contributed by atoms with van der Waals surface area (Å²) in [6.45, 7) is 3.13. The Morgan fingerprint density at radius 1 is 1.10 bits per heavy atom. The van der Waals surface area contributed by atoms with Gasteiger partial charge < -0.3 is 5.73 Å². The van der Waals surface area contributed by atoms with Crippen LogP contribution in [0.15, 0.2) is 53.4 Å². The molecule has 0 atom stereocenters. The zero-order valence-electron chi connectivity index (χ0n) is 16.7. The molecule has 0 bridgehead atoms. The van der Waals surface area contributed by atoms with Gasteiger partial charge in [0, 0.05) is 6.26 Å². The molecule has 0 aliphatic heterocycles. The summed E-state index contributed by atoms with van der Waals surface area (Å²) in [5.74, 6) is 2.37. The molecule has 3 rings (SSSR count). The van der Waals surface area contributed by atoms with Gasteiger partial charge >= 0.3 is 0 Å². The minimum absolute atomic E-state index is 0.115.